The van der Waals surface area contributed by atoms with Crippen LogP contribution in [0.1, 0.15) is 30.1 Å². The van der Waals surface area contributed by atoms with Gasteiger partial charge < -0.3 is 22.0 Å². The molecule has 0 bridgehead atoms. The number of amides is 1. The molecule has 0 radical (unpaired) electrons. The normalized spacial score (nSPS) is 13.1. The van der Waals surface area contributed by atoms with Crippen molar-refractivity contribution in [3.8, 4) is 0 Å². The summed E-state index contributed by atoms with van der Waals surface area (Å²) in [5.41, 5.74) is 11.9. The van der Waals surface area contributed by atoms with E-state index >= 15 is 0 Å². The summed E-state index contributed by atoms with van der Waals surface area (Å²) in [6.07, 6.45) is 1.28. The summed E-state index contributed by atoms with van der Waals surface area (Å²) in [5, 5.41) is 14.7. The largest absolute Gasteiger partial charge is 0.409 e. The van der Waals surface area contributed by atoms with Gasteiger partial charge in [0.05, 0.1) is 0 Å². The Morgan fingerprint density at radius 1 is 1.39 bits per heavy atom. The number of nitrogens with zero attached hydrogens (tertiary/aromatic N) is 1. The molecule has 0 heterocycles. The van der Waals surface area contributed by atoms with Crippen molar-refractivity contribution in [2.45, 2.75) is 25.8 Å². The number of nitrogens with two attached hydrogens (primary N) is 2. The second-order valence-electron chi connectivity index (χ2n) is 3.99. The number of anilines is 1. The van der Waals surface area contributed by atoms with Gasteiger partial charge in [-0.1, -0.05) is 12.1 Å². The minimum absolute atomic E-state index is 0.0697. The summed E-state index contributed by atoms with van der Waals surface area (Å²) >= 11 is 0. The number of hydrogen-bond acceptors (Lipinski definition) is 4. The number of nitrogens with one attached hydrogen (secondary N) is 1. The molecule has 0 aliphatic heterocycles. The molecule has 6 heteroatoms. The van der Waals surface area contributed by atoms with Crippen LogP contribution in [-0.2, 0) is 0 Å². The third-order valence-electron chi connectivity index (χ3n) is 2.62. The Hall–Kier alpha value is -2.24. The van der Waals surface area contributed by atoms with E-state index in [0.29, 0.717) is 12.0 Å². The number of amidine groups is 1. The number of hydrogen-bond donors (Lipinski definition) is 4. The molecule has 0 saturated heterocycles. The summed E-state index contributed by atoms with van der Waals surface area (Å²) in [7, 11) is 0. The average Bonchev–Trinajstić information content (AvgIpc) is 2.38. The molecular weight excluding hydrogens is 232 g/mol. The van der Waals surface area contributed by atoms with E-state index in [4.69, 9.17) is 16.7 Å². The number of rotatable bonds is 6. The molecule has 1 aromatic carbocycles. The average molecular weight is 250 g/mol. The Balaban J connectivity index is 2.67. The molecule has 6 N–H and O–H groups in total. The molecule has 1 rings (SSSR count). The highest BCUT2D eigenvalue weighted by molar-refractivity contribution is 5.93. The first-order valence-corrected chi connectivity index (χ1v) is 5.69. The van der Waals surface area contributed by atoms with Gasteiger partial charge in [-0.2, -0.15) is 0 Å². The molecule has 1 aromatic rings. The topological polar surface area (TPSA) is 114 Å². The van der Waals surface area contributed by atoms with Crippen LogP contribution < -0.4 is 16.8 Å². The monoisotopic (exact) mass is 250 g/mol. The van der Waals surface area contributed by atoms with Gasteiger partial charge in [-0.25, -0.2) is 0 Å². The van der Waals surface area contributed by atoms with Crippen molar-refractivity contribution < 1.29 is 10.0 Å². The van der Waals surface area contributed by atoms with Crippen LogP contribution >= 0.6 is 0 Å². The standard InChI is InChI=1S/C12H18N4O2/c1-2-9(7-11(13)16-18)15-10-5-3-8(4-6-10)12(14)17/h3-6,9,15,18H,2,7H2,1H3,(H2,13,16)(H2,14,17). The molecular formula is C12H18N4O2. The maximum absolute atomic E-state index is 10.9. The van der Waals surface area contributed by atoms with Gasteiger partial charge >= 0.3 is 0 Å². The van der Waals surface area contributed by atoms with E-state index in [2.05, 4.69) is 10.5 Å². The number of benzene rings is 1. The fraction of sp³-hybridized carbons (Fsp3) is 0.333. The molecule has 98 valence electrons. The maximum atomic E-state index is 10.9. The lowest BCUT2D eigenvalue weighted by molar-refractivity contribution is 0.100. The second-order valence-corrected chi connectivity index (χ2v) is 3.99. The quantitative estimate of drug-likeness (QED) is 0.262. The van der Waals surface area contributed by atoms with E-state index in [-0.39, 0.29) is 11.9 Å². The van der Waals surface area contributed by atoms with Crippen molar-refractivity contribution in [2.24, 2.45) is 16.6 Å². The fourth-order valence-corrected chi connectivity index (χ4v) is 1.56. The zero-order chi connectivity index (χ0) is 13.5. The first-order valence-electron chi connectivity index (χ1n) is 5.69. The van der Waals surface area contributed by atoms with Crippen LogP contribution in [0.25, 0.3) is 0 Å². The van der Waals surface area contributed by atoms with E-state index in [0.717, 1.165) is 12.1 Å². The van der Waals surface area contributed by atoms with E-state index < -0.39 is 5.91 Å². The molecule has 18 heavy (non-hydrogen) atoms. The Kier molecular flexibility index (Phi) is 4.98. The summed E-state index contributed by atoms with van der Waals surface area (Å²) in [4.78, 5) is 10.9. The molecule has 1 atom stereocenters. The lowest BCUT2D eigenvalue weighted by Crippen LogP contribution is -2.26. The second kappa shape index (κ2) is 6.48. The van der Waals surface area contributed by atoms with Gasteiger partial charge in [0.15, 0.2) is 0 Å². The highest BCUT2D eigenvalue weighted by Crippen LogP contribution is 2.13. The van der Waals surface area contributed by atoms with Crippen molar-refractivity contribution in [1.29, 1.82) is 0 Å². The van der Waals surface area contributed by atoms with Gasteiger partial charge in [-0.05, 0) is 30.7 Å². The number of carbonyl (C=O) groups excluding carboxylic acids is 1. The fourth-order valence-electron chi connectivity index (χ4n) is 1.56. The highest BCUT2D eigenvalue weighted by atomic mass is 16.4. The van der Waals surface area contributed by atoms with Crippen LogP contribution in [0.3, 0.4) is 0 Å². The lowest BCUT2D eigenvalue weighted by Gasteiger charge is -2.17. The third-order valence-corrected chi connectivity index (χ3v) is 2.62. The number of primary amides is 1. The molecule has 1 amide bonds. The van der Waals surface area contributed by atoms with Gasteiger partial charge in [0.2, 0.25) is 5.91 Å². The molecule has 1 unspecified atom stereocenters. The molecule has 6 nitrogen and oxygen atoms in total. The molecule has 0 aliphatic rings. The highest BCUT2D eigenvalue weighted by Gasteiger charge is 2.09. The molecule has 0 spiro atoms. The summed E-state index contributed by atoms with van der Waals surface area (Å²) in [6.45, 7) is 2.00. The zero-order valence-electron chi connectivity index (χ0n) is 10.3. The summed E-state index contributed by atoms with van der Waals surface area (Å²) in [5.74, 6) is -0.270. The van der Waals surface area contributed by atoms with Gasteiger partial charge in [0, 0.05) is 23.7 Å². The molecule has 0 aromatic heterocycles. The van der Waals surface area contributed by atoms with Crippen molar-refractivity contribution >= 4 is 17.4 Å². The van der Waals surface area contributed by atoms with E-state index in [1.807, 2.05) is 6.92 Å². The van der Waals surface area contributed by atoms with Gasteiger partial charge in [0.25, 0.3) is 0 Å². The van der Waals surface area contributed by atoms with Crippen molar-refractivity contribution in [1.82, 2.24) is 0 Å². The predicted molar refractivity (Wildman–Crippen MR) is 70.7 cm³/mol. The minimum Gasteiger partial charge on any atom is -0.409 e. The lowest BCUT2D eigenvalue weighted by atomic mass is 10.1. The minimum atomic E-state index is -0.453. The van der Waals surface area contributed by atoms with E-state index in [1.165, 1.54) is 0 Å². The van der Waals surface area contributed by atoms with Crippen molar-refractivity contribution in [3.63, 3.8) is 0 Å². The summed E-state index contributed by atoms with van der Waals surface area (Å²) < 4.78 is 0. The third kappa shape index (κ3) is 3.97. The Labute approximate surface area is 106 Å². The Morgan fingerprint density at radius 2 is 2.00 bits per heavy atom. The van der Waals surface area contributed by atoms with Crippen molar-refractivity contribution in [3.05, 3.63) is 29.8 Å². The first kappa shape index (κ1) is 13.8. The van der Waals surface area contributed by atoms with Gasteiger partial charge in [-0.15, -0.1) is 0 Å². The van der Waals surface area contributed by atoms with E-state index in [9.17, 15) is 4.79 Å². The van der Waals surface area contributed by atoms with E-state index in [1.54, 1.807) is 24.3 Å². The smallest absolute Gasteiger partial charge is 0.248 e. The van der Waals surface area contributed by atoms with Gasteiger partial charge in [0.1, 0.15) is 5.84 Å². The zero-order valence-corrected chi connectivity index (χ0v) is 10.3. The van der Waals surface area contributed by atoms with Crippen LogP contribution in [0.15, 0.2) is 29.4 Å². The van der Waals surface area contributed by atoms with Crippen molar-refractivity contribution in [2.75, 3.05) is 5.32 Å². The van der Waals surface area contributed by atoms with Gasteiger partial charge in [-0.3, -0.25) is 4.79 Å². The summed E-state index contributed by atoms with van der Waals surface area (Å²) in [6, 6.07) is 6.92. The van der Waals surface area contributed by atoms with Crippen LogP contribution in [0.5, 0.6) is 0 Å². The first-order chi connectivity index (χ1) is 8.56. The van der Waals surface area contributed by atoms with Crippen LogP contribution in [0.2, 0.25) is 0 Å². The Bertz CT molecular complexity index is 428. The maximum Gasteiger partial charge on any atom is 0.248 e. The Morgan fingerprint density at radius 3 is 2.44 bits per heavy atom. The predicted octanol–water partition coefficient (Wildman–Crippen LogP) is 1.11. The van der Waals surface area contributed by atoms with Crippen LogP contribution in [0, 0.1) is 0 Å². The number of carbonyl (C=O) groups is 1. The SMILES string of the molecule is CCC(CC(N)=NO)Nc1ccc(C(N)=O)cc1. The van der Waals surface area contributed by atoms with Crippen LogP contribution in [-0.4, -0.2) is 23.0 Å². The molecule has 0 saturated carbocycles. The molecule has 0 fully saturated rings. The van der Waals surface area contributed by atoms with Crippen LogP contribution in [0.4, 0.5) is 5.69 Å². The number of oxime groups is 1. The molecule has 0 aliphatic carbocycles.